The first-order valence-electron chi connectivity index (χ1n) is 7.67. The normalized spacial score (nSPS) is 16.4. The van der Waals surface area contributed by atoms with Gasteiger partial charge in [-0.25, -0.2) is 0 Å². The van der Waals surface area contributed by atoms with Crippen LogP contribution in [0.25, 0.3) is 0 Å². The van der Waals surface area contributed by atoms with E-state index >= 15 is 0 Å². The lowest BCUT2D eigenvalue weighted by Gasteiger charge is -2.20. The van der Waals surface area contributed by atoms with Gasteiger partial charge in [0.05, 0.1) is 10.6 Å². The highest BCUT2D eigenvalue weighted by Crippen LogP contribution is 2.34. The zero-order valence-corrected chi connectivity index (χ0v) is 13.5. The highest BCUT2D eigenvalue weighted by atomic mass is 16.6. The van der Waals surface area contributed by atoms with Gasteiger partial charge in [0.2, 0.25) is 5.91 Å². The molecule has 1 heterocycles. The predicted molar refractivity (Wildman–Crippen MR) is 93.1 cm³/mol. The van der Waals surface area contributed by atoms with Crippen LogP contribution in [0.2, 0.25) is 0 Å². The molecule has 0 aliphatic carbocycles. The Morgan fingerprint density at radius 1 is 1.29 bits per heavy atom. The number of aliphatic imine (C=N–C) groups is 1. The Morgan fingerprint density at radius 3 is 2.62 bits per heavy atom. The molecule has 0 spiro atoms. The summed E-state index contributed by atoms with van der Waals surface area (Å²) in [6.07, 6.45) is 2.49. The molecule has 3 rings (SSSR count). The summed E-state index contributed by atoms with van der Waals surface area (Å²) in [6, 6.07) is 12.2. The van der Waals surface area contributed by atoms with Crippen LogP contribution < -0.4 is 4.90 Å². The highest BCUT2D eigenvalue weighted by molar-refractivity contribution is 5.95. The molecule has 6 heteroatoms. The lowest BCUT2D eigenvalue weighted by Crippen LogP contribution is -2.33. The van der Waals surface area contributed by atoms with Gasteiger partial charge in [-0.3, -0.25) is 19.9 Å². The minimum atomic E-state index is -0.427. The molecule has 24 heavy (non-hydrogen) atoms. The van der Waals surface area contributed by atoms with E-state index in [9.17, 15) is 14.9 Å². The van der Waals surface area contributed by atoms with Crippen molar-refractivity contribution in [2.24, 2.45) is 4.99 Å². The van der Waals surface area contributed by atoms with Crippen LogP contribution in [0.4, 0.5) is 17.1 Å². The Morgan fingerprint density at radius 2 is 2.00 bits per heavy atom. The second-order valence-corrected chi connectivity index (χ2v) is 5.86. The molecule has 0 aromatic heterocycles. The molecule has 0 fully saturated rings. The number of fused-ring (bicyclic) bond motifs is 1. The first-order valence-corrected chi connectivity index (χ1v) is 7.67. The lowest BCUT2D eigenvalue weighted by molar-refractivity contribution is -0.384. The van der Waals surface area contributed by atoms with E-state index in [-0.39, 0.29) is 17.6 Å². The van der Waals surface area contributed by atoms with Crippen molar-refractivity contribution >= 4 is 29.2 Å². The zero-order chi connectivity index (χ0) is 17.3. The summed E-state index contributed by atoms with van der Waals surface area (Å²) in [4.78, 5) is 28.2. The SMILES string of the molecule is CC(=O)N1c2ccc(N=Cc3ccc([N+](=O)[O-])cc3)cc2C[C@@H]1C. The molecule has 1 amide bonds. The van der Waals surface area contributed by atoms with E-state index < -0.39 is 4.92 Å². The fourth-order valence-electron chi connectivity index (χ4n) is 3.01. The number of carbonyl (C=O) groups is 1. The summed E-state index contributed by atoms with van der Waals surface area (Å²) in [5.41, 5.74) is 3.70. The number of nitro benzene ring substituents is 1. The summed E-state index contributed by atoms with van der Waals surface area (Å²) in [5.74, 6) is 0.0448. The van der Waals surface area contributed by atoms with Crippen LogP contribution in [0.1, 0.15) is 25.0 Å². The third-order valence-corrected chi connectivity index (χ3v) is 4.08. The number of nitro groups is 1. The molecule has 1 aliphatic heterocycles. The van der Waals surface area contributed by atoms with E-state index in [0.29, 0.717) is 0 Å². The summed E-state index contributed by atoms with van der Waals surface area (Å²) in [7, 11) is 0. The quantitative estimate of drug-likeness (QED) is 0.491. The smallest absolute Gasteiger partial charge is 0.269 e. The van der Waals surface area contributed by atoms with Gasteiger partial charge in [0.25, 0.3) is 5.69 Å². The van der Waals surface area contributed by atoms with Gasteiger partial charge in [0.1, 0.15) is 0 Å². The maximum absolute atomic E-state index is 11.7. The van der Waals surface area contributed by atoms with Crippen molar-refractivity contribution in [3.05, 3.63) is 63.7 Å². The molecule has 0 N–H and O–H groups in total. The molecule has 0 saturated carbocycles. The second kappa shape index (κ2) is 6.23. The molecule has 0 unspecified atom stereocenters. The maximum atomic E-state index is 11.7. The van der Waals surface area contributed by atoms with Crippen LogP contribution >= 0.6 is 0 Å². The number of nitrogens with zero attached hydrogens (tertiary/aromatic N) is 3. The average molecular weight is 323 g/mol. The molecule has 1 aliphatic rings. The van der Waals surface area contributed by atoms with Crippen molar-refractivity contribution in [2.75, 3.05) is 4.90 Å². The average Bonchev–Trinajstić information content (AvgIpc) is 2.88. The molecule has 6 nitrogen and oxygen atoms in total. The fourth-order valence-corrected chi connectivity index (χ4v) is 3.01. The Bertz CT molecular complexity index is 828. The first kappa shape index (κ1) is 15.9. The number of hydrogen-bond donors (Lipinski definition) is 0. The van der Waals surface area contributed by atoms with Crippen LogP contribution in [-0.4, -0.2) is 23.1 Å². The van der Waals surface area contributed by atoms with Gasteiger partial charge in [-0.05, 0) is 54.8 Å². The van der Waals surface area contributed by atoms with E-state index in [0.717, 1.165) is 28.9 Å². The number of anilines is 1. The largest absolute Gasteiger partial charge is 0.309 e. The monoisotopic (exact) mass is 323 g/mol. The zero-order valence-electron chi connectivity index (χ0n) is 13.5. The van der Waals surface area contributed by atoms with Gasteiger partial charge in [-0.15, -0.1) is 0 Å². The van der Waals surface area contributed by atoms with Crippen molar-refractivity contribution in [2.45, 2.75) is 26.3 Å². The molecule has 1 atom stereocenters. The fraction of sp³-hybridized carbons (Fsp3) is 0.222. The number of benzene rings is 2. The topological polar surface area (TPSA) is 75.8 Å². The molecule has 0 radical (unpaired) electrons. The van der Waals surface area contributed by atoms with Crippen molar-refractivity contribution < 1.29 is 9.72 Å². The van der Waals surface area contributed by atoms with Crippen molar-refractivity contribution in [1.82, 2.24) is 0 Å². The van der Waals surface area contributed by atoms with Crippen LogP contribution in [0.3, 0.4) is 0 Å². The number of hydrogen-bond acceptors (Lipinski definition) is 4. The highest BCUT2D eigenvalue weighted by Gasteiger charge is 2.28. The van der Waals surface area contributed by atoms with E-state index in [2.05, 4.69) is 4.99 Å². The third kappa shape index (κ3) is 3.03. The van der Waals surface area contributed by atoms with E-state index in [1.165, 1.54) is 12.1 Å². The number of rotatable bonds is 3. The molecule has 0 bridgehead atoms. The van der Waals surface area contributed by atoms with Gasteiger partial charge in [-0.2, -0.15) is 0 Å². The second-order valence-electron chi connectivity index (χ2n) is 5.86. The number of non-ortho nitro benzene ring substituents is 1. The minimum Gasteiger partial charge on any atom is -0.309 e. The Kier molecular flexibility index (Phi) is 4.12. The Hall–Kier alpha value is -3.02. The van der Waals surface area contributed by atoms with E-state index in [4.69, 9.17) is 0 Å². The maximum Gasteiger partial charge on any atom is 0.269 e. The molecular weight excluding hydrogens is 306 g/mol. The standard InChI is InChI=1S/C18H17N3O3/c1-12-9-15-10-16(5-8-18(15)20(12)13(2)22)19-11-14-3-6-17(7-4-14)21(23)24/h3-8,10-12H,9H2,1-2H3/t12-/m0/s1. The number of carbonyl (C=O) groups excluding carboxylic acids is 1. The van der Waals surface area contributed by atoms with Gasteiger partial charge in [0, 0.05) is 37.0 Å². The number of amides is 1. The van der Waals surface area contributed by atoms with Crippen molar-refractivity contribution in [1.29, 1.82) is 0 Å². The predicted octanol–water partition coefficient (Wildman–Crippen LogP) is 3.64. The van der Waals surface area contributed by atoms with Crippen molar-refractivity contribution in [3.63, 3.8) is 0 Å². The molecule has 2 aromatic carbocycles. The van der Waals surface area contributed by atoms with Crippen LogP contribution in [0.5, 0.6) is 0 Å². The third-order valence-electron chi connectivity index (χ3n) is 4.08. The summed E-state index contributed by atoms with van der Waals surface area (Å²) < 4.78 is 0. The van der Waals surface area contributed by atoms with Gasteiger partial charge < -0.3 is 4.90 Å². The van der Waals surface area contributed by atoms with Crippen LogP contribution in [-0.2, 0) is 11.2 Å². The molecule has 0 saturated heterocycles. The molecular formula is C18H17N3O3. The molecule has 122 valence electrons. The Labute approximate surface area is 139 Å². The summed E-state index contributed by atoms with van der Waals surface area (Å²) >= 11 is 0. The van der Waals surface area contributed by atoms with E-state index in [1.807, 2.05) is 25.1 Å². The lowest BCUT2D eigenvalue weighted by atomic mass is 10.1. The van der Waals surface area contributed by atoms with Crippen molar-refractivity contribution in [3.8, 4) is 0 Å². The van der Waals surface area contributed by atoms with Gasteiger partial charge in [0.15, 0.2) is 0 Å². The molecule has 2 aromatic rings. The van der Waals surface area contributed by atoms with Crippen LogP contribution in [0, 0.1) is 10.1 Å². The minimum absolute atomic E-state index is 0.0448. The van der Waals surface area contributed by atoms with Gasteiger partial charge in [-0.1, -0.05) is 0 Å². The van der Waals surface area contributed by atoms with E-state index in [1.54, 1.807) is 30.2 Å². The Balaban J connectivity index is 1.81. The summed E-state index contributed by atoms with van der Waals surface area (Å²) in [5, 5.41) is 10.6. The summed E-state index contributed by atoms with van der Waals surface area (Å²) in [6.45, 7) is 3.60. The van der Waals surface area contributed by atoms with Crippen LogP contribution in [0.15, 0.2) is 47.5 Å². The van der Waals surface area contributed by atoms with Gasteiger partial charge >= 0.3 is 0 Å². The first-order chi connectivity index (χ1) is 11.5.